The van der Waals surface area contributed by atoms with Gasteiger partial charge in [-0.2, -0.15) is 0 Å². The molecule has 0 atom stereocenters. The lowest BCUT2D eigenvalue weighted by Gasteiger charge is -2.05. The van der Waals surface area contributed by atoms with E-state index in [4.69, 9.17) is 0 Å². The molecular formula is C15H17F2N3O. The minimum absolute atomic E-state index is 0.0980. The van der Waals surface area contributed by atoms with Crippen molar-refractivity contribution in [1.82, 2.24) is 15.3 Å². The summed E-state index contributed by atoms with van der Waals surface area (Å²) in [5.74, 6) is -0.960. The Morgan fingerprint density at radius 2 is 2.10 bits per heavy atom. The largest absolute Gasteiger partial charge is 0.356 e. The van der Waals surface area contributed by atoms with Gasteiger partial charge in [0.25, 0.3) is 0 Å². The van der Waals surface area contributed by atoms with E-state index in [2.05, 4.69) is 15.3 Å². The van der Waals surface area contributed by atoms with E-state index in [1.165, 1.54) is 6.07 Å². The summed E-state index contributed by atoms with van der Waals surface area (Å²) in [7, 11) is 0. The number of nitrogens with zero attached hydrogens (tertiary/aromatic N) is 1. The van der Waals surface area contributed by atoms with Crippen molar-refractivity contribution in [2.24, 2.45) is 0 Å². The van der Waals surface area contributed by atoms with E-state index < -0.39 is 11.6 Å². The third-order valence-corrected chi connectivity index (χ3v) is 3.09. The van der Waals surface area contributed by atoms with Crippen LogP contribution in [0.15, 0.2) is 30.6 Å². The summed E-state index contributed by atoms with van der Waals surface area (Å²) in [6.45, 7) is 0.567. The van der Waals surface area contributed by atoms with Gasteiger partial charge in [-0.1, -0.05) is 6.07 Å². The molecule has 0 spiro atoms. The Labute approximate surface area is 121 Å². The Hall–Kier alpha value is -2.24. The number of H-pyrrole nitrogens is 1. The highest BCUT2D eigenvalue weighted by atomic mass is 19.2. The van der Waals surface area contributed by atoms with Crippen LogP contribution in [0.3, 0.4) is 0 Å². The number of carbonyl (C=O) groups excluding carboxylic acids is 1. The number of imidazole rings is 1. The summed E-state index contributed by atoms with van der Waals surface area (Å²) >= 11 is 0. The maximum Gasteiger partial charge on any atom is 0.220 e. The number of aromatic amines is 1. The molecule has 6 heteroatoms. The van der Waals surface area contributed by atoms with Crippen molar-refractivity contribution in [1.29, 1.82) is 0 Å². The highest BCUT2D eigenvalue weighted by molar-refractivity contribution is 5.76. The monoisotopic (exact) mass is 293 g/mol. The summed E-state index contributed by atoms with van der Waals surface area (Å²) in [4.78, 5) is 18.7. The summed E-state index contributed by atoms with van der Waals surface area (Å²) in [5.41, 5.74) is 0.611. The molecule has 2 N–H and O–H groups in total. The topological polar surface area (TPSA) is 57.8 Å². The Morgan fingerprint density at radius 1 is 1.24 bits per heavy atom. The predicted octanol–water partition coefficient (Wildman–Crippen LogP) is 2.37. The number of nitrogens with one attached hydrogen (secondary N) is 2. The lowest BCUT2D eigenvalue weighted by molar-refractivity contribution is -0.121. The van der Waals surface area contributed by atoms with E-state index in [0.29, 0.717) is 18.5 Å². The summed E-state index contributed by atoms with van der Waals surface area (Å²) in [6, 6.07) is 3.69. The van der Waals surface area contributed by atoms with Gasteiger partial charge >= 0.3 is 0 Å². The first-order chi connectivity index (χ1) is 10.1. The van der Waals surface area contributed by atoms with Gasteiger partial charge in [-0.3, -0.25) is 4.79 Å². The molecule has 0 fully saturated rings. The third-order valence-electron chi connectivity index (χ3n) is 3.09. The molecule has 0 aliphatic heterocycles. The maximum absolute atomic E-state index is 13.0. The van der Waals surface area contributed by atoms with Gasteiger partial charge in [-0.15, -0.1) is 0 Å². The number of benzene rings is 1. The Morgan fingerprint density at radius 3 is 2.81 bits per heavy atom. The number of aryl methyl sites for hydroxylation is 2. The van der Waals surface area contributed by atoms with E-state index in [-0.39, 0.29) is 12.3 Å². The normalized spacial score (nSPS) is 10.6. The summed E-state index contributed by atoms with van der Waals surface area (Å²) < 4.78 is 25.8. The molecule has 1 amide bonds. The maximum atomic E-state index is 13.0. The highest BCUT2D eigenvalue weighted by Gasteiger charge is 2.05. The fraction of sp³-hybridized carbons (Fsp3) is 0.333. The predicted molar refractivity (Wildman–Crippen MR) is 74.6 cm³/mol. The molecule has 2 rings (SSSR count). The van der Waals surface area contributed by atoms with Crippen LogP contribution in [0.4, 0.5) is 8.78 Å². The number of carbonyl (C=O) groups is 1. The van der Waals surface area contributed by atoms with Crippen LogP contribution in [0.5, 0.6) is 0 Å². The molecule has 0 saturated carbocycles. The molecule has 0 aliphatic carbocycles. The van der Waals surface area contributed by atoms with Crippen molar-refractivity contribution in [3.63, 3.8) is 0 Å². The lowest BCUT2D eigenvalue weighted by Crippen LogP contribution is -2.25. The SMILES string of the molecule is O=C(CCc1ccc(F)c(F)c1)NCCCc1ncc[nH]1. The molecule has 0 aliphatic rings. The number of aromatic nitrogens is 2. The quantitative estimate of drug-likeness (QED) is 0.770. The van der Waals surface area contributed by atoms with Gasteiger partial charge in [0.15, 0.2) is 11.6 Å². The number of rotatable bonds is 7. The highest BCUT2D eigenvalue weighted by Crippen LogP contribution is 2.10. The van der Waals surface area contributed by atoms with Gasteiger partial charge < -0.3 is 10.3 Å². The first kappa shape index (κ1) is 15.2. The smallest absolute Gasteiger partial charge is 0.220 e. The first-order valence-electron chi connectivity index (χ1n) is 6.84. The minimum atomic E-state index is -0.883. The number of halogens is 2. The molecule has 2 aromatic rings. The molecule has 21 heavy (non-hydrogen) atoms. The van der Waals surface area contributed by atoms with Crippen LogP contribution in [-0.4, -0.2) is 22.4 Å². The minimum Gasteiger partial charge on any atom is -0.356 e. The van der Waals surface area contributed by atoms with Crippen LogP contribution in [0.25, 0.3) is 0 Å². The van der Waals surface area contributed by atoms with Gasteiger partial charge in [-0.05, 0) is 30.5 Å². The van der Waals surface area contributed by atoms with Crippen LogP contribution in [0.1, 0.15) is 24.2 Å². The zero-order valence-electron chi connectivity index (χ0n) is 11.5. The second-order valence-electron chi connectivity index (χ2n) is 4.74. The molecule has 0 bridgehead atoms. The first-order valence-corrected chi connectivity index (χ1v) is 6.84. The molecule has 0 saturated heterocycles. The molecule has 0 unspecified atom stereocenters. The Bertz CT molecular complexity index is 585. The van der Waals surface area contributed by atoms with Crippen LogP contribution >= 0.6 is 0 Å². The molecule has 1 aromatic carbocycles. The lowest BCUT2D eigenvalue weighted by atomic mass is 10.1. The van der Waals surface area contributed by atoms with Crippen LogP contribution in [-0.2, 0) is 17.6 Å². The number of hydrogen-bond donors (Lipinski definition) is 2. The Kier molecular flexibility index (Phi) is 5.43. The standard InChI is InChI=1S/C15H17F2N3O/c16-12-5-3-11(10-13(12)17)4-6-15(21)20-7-1-2-14-18-8-9-19-14/h3,5,8-10H,1-2,4,6-7H2,(H,18,19)(H,20,21). The fourth-order valence-corrected chi connectivity index (χ4v) is 1.96. The Balaban J connectivity index is 1.64. The van der Waals surface area contributed by atoms with Crippen molar-refractivity contribution in [3.8, 4) is 0 Å². The third kappa shape index (κ3) is 4.98. The number of amides is 1. The zero-order chi connectivity index (χ0) is 15.1. The van der Waals surface area contributed by atoms with Crippen molar-refractivity contribution in [2.75, 3.05) is 6.54 Å². The van der Waals surface area contributed by atoms with Gasteiger partial charge in [0.05, 0.1) is 0 Å². The average molecular weight is 293 g/mol. The summed E-state index contributed by atoms with van der Waals surface area (Å²) in [5, 5.41) is 2.79. The van der Waals surface area contributed by atoms with Crippen molar-refractivity contribution >= 4 is 5.91 Å². The van der Waals surface area contributed by atoms with Gasteiger partial charge in [0.2, 0.25) is 5.91 Å². The second kappa shape index (κ2) is 7.52. The molecule has 112 valence electrons. The van der Waals surface area contributed by atoms with Crippen LogP contribution in [0.2, 0.25) is 0 Å². The molecule has 0 radical (unpaired) electrons. The van der Waals surface area contributed by atoms with E-state index in [1.807, 2.05) is 0 Å². The van der Waals surface area contributed by atoms with E-state index >= 15 is 0 Å². The van der Waals surface area contributed by atoms with Crippen LogP contribution in [0, 0.1) is 11.6 Å². The van der Waals surface area contributed by atoms with E-state index in [1.54, 1.807) is 12.4 Å². The van der Waals surface area contributed by atoms with E-state index in [0.717, 1.165) is 30.8 Å². The molecule has 1 heterocycles. The van der Waals surface area contributed by atoms with Gasteiger partial charge in [0, 0.05) is 31.8 Å². The van der Waals surface area contributed by atoms with Crippen molar-refractivity contribution in [2.45, 2.75) is 25.7 Å². The molecular weight excluding hydrogens is 276 g/mol. The second-order valence-corrected chi connectivity index (χ2v) is 4.74. The molecule has 1 aromatic heterocycles. The van der Waals surface area contributed by atoms with Crippen molar-refractivity contribution in [3.05, 3.63) is 53.6 Å². The van der Waals surface area contributed by atoms with Crippen LogP contribution < -0.4 is 5.32 Å². The van der Waals surface area contributed by atoms with E-state index in [9.17, 15) is 13.6 Å². The van der Waals surface area contributed by atoms with Crippen molar-refractivity contribution < 1.29 is 13.6 Å². The summed E-state index contributed by atoms with van der Waals surface area (Å²) in [6.07, 6.45) is 5.67. The number of hydrogen-bond acceptors (Lipinski definition) is 2. The van der Waals surface area contributed by atoms with Gasteiger partial charge in [0.1, 0.15) is 5.82 Å². The zero-order valence-corrected chi connectivity index (χ0v) is 11.5. The average Bonchev–Trinajstić information content (AvgIpc) is 2.98. The van der Waals surface area contributed by atoms with Gasteiger partial charge in [-0.25, -0.2) is 13.8 Å². The molecule has 4 nitrogen and oxygen atoms in total. The fourth-order valence-electron chi connectivity index (χ4n) is 1.96.